The summed E-state index contributed by atoms with van der Waals surface area (Å²) in [6.07, 6.45) is -5.25. The molecule has 0 radical (unpaired) electrons. The molecule has 0 bridgehead atoms. The van der Waals surface area contributed by atoms with E-state index in [1.807, 2.05) is 0 Å². The van der Waals surface area contributed by atoms with Gasteiger partial charge < -0.3 is 4.57 Å². The van der Waals surface area contributed by atoms with E-state index in [0.717, 1.165) is 24.7 Å². The first kappa shape index (κ1) is 28.0. The SMILES string of the molecule is Cc1nc(C(F)(F)F)cn1-c1ccc(-c2cccc(S(C)(=O)=O)c2)cc1-n1nncc1-c1ccc(C(F)(F)F)nc1. The van der Waals surface area contributed by atoms with Gasteiger partial charge in [0.2, 0.25) is 0 Å². The lowest BCUT2D eigenvalue weighted by Crippen LogP contribution is -2.09. The molecular formula is C26H18F6N6O2S. The van der Waals surface area contributed by atoms with Crippen LogP contribution < -0.4 is 0 Å². The largest absolute Gasteiger partial charge is 0.434 e. The summed E-state index contributed by atoms with van der Waals surface area (Å²) in [4.78, 5) is 7.15. The minimum absolute atomic E-state index is 0.00302. The summed E-state index contributed by atoms with van der Waals surface area (Å²) in [5, 5.41) is 7.94. The van der Waals surface area contributed by atoms with Gasteiger partial charge >= 0.3 is 12.4 Å². The minimum atomic E-state index is -4.72. The number of alkyl halides is 6. The van der Waals surface area contributed by atoms with E-state index >= 15 is 0 Å². The van der Waals surface area contributed by atoms with Crippen molar-refractivity contribution >= 4 is 9.84 Å². The van der Waals surface area contributed by atoms with E-state index in [2.05, 4.69) is 20.3 Å². The van der Waals surface area contributed by atoms with Crippen LogP contribution in [0.4, 0.5) is 26.3 Å². The van der Waals surface area contributed by atoms with Gasteiger partial charge in [-0.1, -0.05) is 23.4 Å². The third-order valence-corrected chi connectivity index (χ3v) is 7.24. The molecule has 0 unspecified atom stereocenters. The van der Waals surface area contributed by atoms with Crippen molar-refractivity contribution in [2.75, 3.05) is 6.26 Å². The number of halogens is 6. The van der Waals surface area contributed by atoms with Crippen LogP contribution in [0.25, 0.3) is 33.8 Å². The average Bonchev–Trinajstić information content (AvgIpc) is 3.54. The van der Waals surface area contributed by atoms with Crippen LogP contribution in [-0.2, 0) is 22.2 Å². The van der Waals surface area contributed by atoms with Crippen LogP contribution in [0.3, 0.4) is 0 Å². The second-order valence-electron chi connectivity index (χ2n) is 9.01. The predicted octanol–water partition coefficient (Wildman–Crippen LogP) is 5.93. The zero-order chi connectivity index (χ0) is 29.7. The van der Waals surface area contributed by atoms with Gasteiger partial charge in [0.15, 0.2) is 15.5 Å². The summed E-state index contributed by atoms with van der Waals surface area (Å²) in [5.74, 6) is 0.00302. The fourth-order valence-electron chi connectivity index (χ4n) is 4.16. The van der Waals surface area contributed by atoms with E-state index in [4.69, 9.17) is 0 Å². The monoisotopic (exact) mass is 592 g/mol. The van der Waals surface area contributed by atoms with Gasteiger partial charge in [0.1, 0.15) is 11.5 Å². The van der Waals surface area contributed by atoms with Crippen molar-refractivity contribution in [1.29, 1.82) is 0 Å². The van der Waals surface area contributed by atoms with Crippen molar-refractivity contribution in [2.24, 2.45) is 0 Å². The molecule has 41 heavy (non-hydrogen) atoms. The summed E-state index contributed by atoms with van der Waals surface area (Å²) in [6.45, 7) is 1.38. The van der Waals surface area contributed by atoms with Crippen LogP contribution in [0.2, 0.25) is 0 Å². The fourth-order valence-corrected chi connectivity index (χ4v) is 4.83. The number of pyridine rings is 1. The molecule has 0 aliphatic carbocycles. The number of aromatic nitrogens is 6. The highest BCUT2D eigenvalue weighted by molar-refractivity contribution is 7.90. The maximum atomic E-state index is 13.5. The van der Waals surface area contributed by atoms with E-state index in [0.29, 0.717) is 11.1 Å². The average molecular weight is 593 g/mol. The predicted molar refractivity (Wildman–Crippen MR) is 135 cm³/mol. The molecule has 0 amide bonds. The third kappa shape index (κ3) is 5.57. The molecular weight excluding hydrogens is 574 g/mol. The standard InChI is InChI=1S/C26H18F6N6O2S/c1-15-35-24(26(30,31)32)14-37(15)20-8-6-17(16-4-3-5-19(10-16)41(2,39)40)11-21(20)38-22(13-34-36-38)18-7-9-23(33-12-18)25(27,28)29/h3-14H,1-2H3. The highest BCUT2D eigenvalue weighted by Gasteiger charge is 2.35. The van der Waals surface area contributed by atoms with Crippen molar-refractivity contribution in [3.8, 4) is 33.8 Å². The molecule has 3 aromatic heterocycles. The van der Waals surface area contributed by atoms with E-state index in [-0.39, 0.29) is 33.4 Å². The summed E-state index contributed by atoms with van der Waals surface area (Å²) in [6, 6.07) is 12.7. The highest BCUT2D eigenvalue weighted by atomic mass is 32.2. The molecule has 0 fully saturated rings. The zero-order valence-corrected chi connectivity index (χ0v) is 21.9. The van der Waals surface area contributed by atoms with E-state index in [9.17, 15) is 34.8 Å². The Kier molecular flexibility index (Phi) is 6.72. The minimum Gasteiger partial charge on any atom is -0.301 e. The van der Waals surface area contributed by atoms with Gasteiger partial charge in [-0.2, -0.15) is 26.3 Å². The number of nitrogens with zero attached hydrogens (tertiary/aromatic N) is 6. The molecule has 3 heterocycles. The number of hydrogen-bond donors (Lipinski definition) is 0. The Morgan fingerprint density at radius 1 is 0.780 bits per heavy atom. The van der Waals surface area contributed by atoms with Gasteiger partial charge in [0, 0.05) is 24.2 Å². The summed E-state index contributed by atoms with van der Waals surface area (Å²) in [7, 11) is -3.54. The Hall–Kier alpha value is -4.53. The number of rotatable bonds is 5. The number of hydrogen-bond acceptors (Lipinski definition) is 6. The Labute approximate surface area is 228 Å². The van der Waals surface area contributed by atoms with Crippen LogP contribution in [-0.4, -0.2) is 44.2 Å². The maximum absolute atomic E-state index is 13.5. The number of aryl methyl sites for hydroxylation is 1. The molecule has 212 valence electrons. The highest BCUT2D eigenvalue weighted by Crippen LogP contribution is 2.35. The number of sulfone groups is 1. The van der Waals surface area contributed by atoms with E-state index in [1.165, 1.54) is 46.6 Å². The first-order valence-electron chi connectivity index (χ1n) is 11.7. The lowest BCUT2D eigenvalue weighted by molar-refractivity contribution is -0.141. The van der Waals surface area contributed by atoms with E-state index in [1.54, 1.807) is 24.3 Å². The van der Waals surface area contributed by atoms with Crippen molar-refractivity contribution in [2.45, 2.75) is 24.2 Å². The molecule has 0 aliphatic heterocycles. The Balaban J connectivity index is 1.72. The molecule has 5 aromatic rings. The van der Waals surface area contributed by atoms with Crippen LogP contribution >= 0.6 is 0 Å². The van der Waals surface area contributed by atoms with Crippen molar-refractivity contribution < 1.29 is 34.8 Å². The lowest BCUT2D eigenvalue weighted by Gasteiger charge is -2.16. The molecule has 0 atom stereocenters. The second kappa shape index (κ2) is 9.83. The van der Waals surface area contributed by atoms with Crippen LogP contribution in [0.1, 0.15) is 17.2 Å². The van der Waals surface area contributed by atoms with Crippen LogP contribution in [0, 0.1) is 6.92 Å². The molecule has 2 aromatic carbocycles. The Morgan fingerprint density at radius 3 is 2.07 bits per heavy atom. The smallest absolute Gasteiger partial charge is 0.301 e. The maximum Gasteiger partial charge on any atom is 0.434 e. The third-order valence-electron chi connectivity index (χ3n) is 6.13. The van der Waals surface area contributed by atoms with Gasteiger partial charge in [-0.3, -0.25) is 4.98 Å². The molecule has 15 heteroatoms. The van der Waals surface area contributed by atoms with Crippen molar-refractivity contribution in [3.05, 3.63) is 90.4 Å². The normalized spacial score (nSPS) is 12.6. The van der Waals surface area contributed by atoms with Gasteiger partial charge in [-0.05, 0) is 54.4 Å². The first-order chi connectivity index (χ1) is 19.1. The zero-order valence-electron chi connectivity index (χ0n) is 21.1. The summed E-state index contributed by atoms with van der Waals surface area (Å²) in [5.41, 5.74) is -0.486. The summed E-state index contributed by atoms with van der Waals surface area (Å²) < 4.78 is 106. The fraction of sp³-hybridized carbons (Fsp3) is 0.154. The van der Waals surface area contributed by atoms with Crippen LogP contribution in [0.15, 0.2) is 78.1 Å². The number of benzene rings is 2. The van der Waals surface area contributed by atoms with E-state index < -0.39 is 33.6 Å². The summed E-state index contributed by atoms with van der Waals surface area (Å²) >= 11 is 0. The van der Waals surface area contributed by atoms with Gasteiger partial charge in [0.05, 0.1) is 28.2 Å². The molecule has 5 rings (SSSR count). The van der Waals surface area contributed by atoms with Crippen molar-refractivity contribution in [1.82, 2.24) is 29.5 Å². The van der Waals surface area contributed by atoms with Crippen LogP contribution in [0.5, 0.6) is 0 Å². The Bertz CT molecular complexity index is 1860. The van der Waals surface area contributed by atoms with Crippen molar-refractivity contribution in [3.63, 3.8) is 0 Å². The second-order valence-corrected chi connectivity index (χ2v) is 11.0. The molecule has 8 nitrogen and oxygen atoms in total. The lowest BCUT2D eigenvalue weighted by atomic mass is 10.0. The first-order valence-corrected chi connectivity index (χ1v) is 13.5. The molecule has 0 N–H and O–H groups in total. The molecule has 0 saturated heterocycles. The quantitative estimate of drug-likeness (QED) is 0.235. The Morgan fingerprint density at radius 2 is 1.46 bits per heavy atom. The van der Waals surface area contributed by atoms with Gasteiger partial charge in [-0.25, -0.2) is 18.1 Å². The topological polar surface area (TPSA) is 95.6 Å². The molecule has 0 saturated carbocycles. The number of imidazole rings is 1. The van der Waals surface area contributed by atoms with Gasteiger partial charge in [0.25, 0.3) is 0 Å². The van der Waals surface area contributed by atoms with Gasteiger partial charge in [-0.15, -0.1) is 5.10 Å². The molecule has 0 aliphatic rings. The molecule has 0 spiro atoms.